The number of halogens is 1. The molecular weight excluding hydrogens is 274 g/mol. The van der Waals surface area contributed by atoms with Crippen LogP contribution in [0.25, 0.3) is 0 Å². The Hall–Kier alpha value is -1.12. The van der Waals surface area contributed by atoms with Gasteiger partial charge in [-0.25, -0.2) is 0 Å². The Labute approximate surface area is 124 Å². The molecule has 0 bridgehead atoms. The van der Waals surface area contributed by atoms with E-state index in [1.165, 1.54) is 10.5 Å². The van der Waals surface area contributed by atoms with Crippen LogP contribution in [0.4, 0.5) is 5.69 Å². The van der Waals surface area contributed by atoms with Crippen molar-refractivity contribution in [2.45, 2.75) is 31.1 Å². The maximum atomic E-state index is 5.85. The molecule has 0 radical (unpaired) electrons. The van der Waals surface area contributed by atoms with Crippen molar-refractivity contribution >= 4 is 29.2 Å². The number of rotatable bonds is 3. The summed E-state index contributed by atoms with van der Waals surface area (Å²) in [7, 11) is 0. The molecule has 3 heteroatoms. The summed E-state index contributed by atoms with van der Waals surface area (Å²) in [5.74, 6) is 0. The summed E-state index contributed by atoms with van der Waals surface area (Å²) in [5, 5.41) is 0.755. The largest absolute Gasteiger partial charge is 0.326 e. The Kier molecular flexibility index (Phi) is 4.43. The smallest absolute Gasteiger partial charge is 0.0444 e. The van der Waals surface area contributed by atoms with Crippen LogP contribution in [-0.2, 0) is 5.41 Å². The molecule has 100 valence electrons. The topological polar surface area (TPSA) is 12.0 Å². The Morgan fingerprint density at radius 3 is 2.00 bits per heavy atom. The molecule has 19 heavy (non-hydrogen) atoms. The zero-order valence-electron chi connectivity index (χ0n) is 11.4. The molecule has 0 aliphatic rings. The molecule has 2 aromatic rings. The van der Waals surface area contributed by atoms with Crippen LogP contribution in [-0.4, -0.2) is 0 Å². The average Bonchev–Trinajstić information content (AvgIpc) is 2.37. The molecule has 0 aliphatic carbocycles. The van der Waals surface area contributed by atoms with Crippen LogP contribution in [0, 0.1) is 0 Å². The predicted molar refractivity (Wildman–Crippen MR) is 86.1 cm³/mol. The van der Waals surface area contributed by atoms with Crippen LogP contribution >= 0.6 is 23.5 Å². The first kappa shape index (κ1) is 14.3. The Balaban J connectivity index is 1.98. The monoisotopic (exact) mass is 291 g/mol. The van der Waals surface area contributed by atoms with Crippen LogP contribution in [0.1, 0.15) is 26.3 Å². The van der Waals surface area contributed by atoms with Gasteiger partial charge in [0.1, 0.15) is 0 Å². The lowest BCUT2D eigenvalue weighted by atomic mass is 9.87. The Bertz CT molecular complexity index is 526. The van der Waals surface area contributed by atoms with Crippen molar-refractivity contribution in [1.29, 1.82) is 0 Å². The van der Waals surface area contributed by atoms with Crippen LogP contribution in [0.2, 0.25) is 5.02 Å². The van der Waals surface area contributed by atoms with Crippen molar-refractivity contribution in [3.63, 3.8) is 0 Å². The van der Waals surface area contributed by atoms with Crippen LogP contribution in [0.15, 0.2) is 53.4 Å². The first-order valence-electron chi connectivity index (χ1n) is 6.24. The van der Waals surface area contributed by atoms with Crippen molar-refractivity contribution in [2.24, 2.45) is 0 Å². The van der Waals surface area contributed by atoms with E-state index >= 15 is 0 Å². The van der Waals surface area contributed by atoms with E-state index in [2.05, 4.69) is 49.8 Å². The van der Waals surface area contributed by atoms with Crippen LogP contribution < -0.4 is 4.72 Å². The summed E-state index contributed by atoms with van der Waals surface area (Å²) in [4.78, 5) is 1.20. The van der Waals surface area contributed by atoms with E-state index in [9.17, 15) is 0 Å². The Morgan fingerprint density at radius 2 is 1.47 bits per heavy atom. The van der Waals surface area contributed by atoms with Gasteiger partial charge in [-0.2, -0.15) is 0 Å². The molecule has 1 nitrogen and oxygen atoms in total. The highest BCUT2D eigenvalue weighted by molar-refractivity contribution is 8.00. The molecule has 0 amide bonds. The first-order valence-corrected chi connectivity index (χ1v) is 7.43. The zero-order valence-corrected chi connectivity index (χ0v) is 13.0. The highest BCUT2D eigenvalue weighted by Crippen LogP contribution is 2.26. The lowest BCUT2D eigenvalue weighted by molar-refractivity contribution is 0.590. The first-order chi connectivity index (χ1) is 8.95. The molecule has 0 saturated heterocycles. The molecule has 1 N–H and O–H groups in total. The normalized spacial score (nSPS) is 11.4. The van der Waals surface area contributed by atoms with Crippen molar-refractivity contribution in [3.05, 3.63) is 59.1 Å². The van der Waals surface area contributed by atoms with Crippen LogP contribution in [0.3, 0.4) is 0 Å². The van der Waals surface area contributed by atoms with Gasteiger partial charge in [-0.3, -0.25) is 0 Å². The summed E-state index contributed by atoms with van der Waals surface area (Å²) in [6.45, 7) is 6.67. The number of hydrogen-bond acceptors (Lipinski definition) is 2. The van der Waals surface area contributed by atoms with Gasteiger partial charge in [-0.15, -0.1) is 0 Å². The quantitative estimate of drug-likeness (QED) is 0.722. The summed E-state index contributed by atoms with van der Waals surface area (Å²) in [5.41, 5.74) is 2.60. The molecular formula is C16H18ClNS. The number of hydrogen-bond donors (Lipinski definition) is 1. The second-order valence-electron chi connectivity index (χ2n) is 5.49. The minimum absolute atomic E-state index is 0.201. The van der Waals surface area contributed by atoms with E-state index in [4.69, 9.17) is 11.6 Å². The van der Waals surface area contributed by atoms with Gasteiger partial charge >= 0.3 is 0 Å². The second-order valence-corrected chi connectivity index (χ2v) is 6.80. The van der Waals surface area contributed by atoms with Gasteiger partial charge in [-0.1, -0.05) is 44.5 Å². The van der Waals surface area contributed by atoms with Crippen molar-refractivity contribution in [1.82, 2.24) is 0 Å². The maximum absolute atomic E-state index is 5.85. The van der Waals surface area contributed by atoms with Gasteiger partial charge in [-0.05, 0) is 59.3 Å². The van der Waals surface area contributed by atoms with E-state index in [1.54, 1.807) is 11.9 Å². The van der Waals surface area contributed by atoms with Gasteiger partial charge in [0.25, 0.3) is 0 Å². The minimum Gasteiger partial charge on any atom is -0.326 e. The fourth-order valence-electron chi connectivity index (χ4n) is 1.66. The van der Waals surface area contributed by atoms with Crippen LogP contribution in [0.5, 0.6) is 0 Å². The molecule has 0 saturated carbocycles. The summed E-state index contributed by atoms with van der Waals surface area (Å²) >= 11 is 7.46. The van der Waals surface area contributed by atoms with E-state index < -0.39 is 0 Å². The molecule has 0 aliphatic heterocycles. The van der Waals surface area contributed by atoms with E-state index in [0.29, 0.717) is 0 Å². The van der Waals surface area contributed by atoms with Gasteiger partial charge < -0.3 is 4.72 Å². The predicted octanol–water partition coefficient (Wildman–Crippen LogP) is 5.76. The Morgan fingerprint density at radius 1 is 0.895 bits per heavy atom. The van der Waals surface area contributed by atoms with E-state index in [1.807, 2.05) is 24.3 Å². The summed E-state index contributed by atoms with van der Waals surface area (Å²) in [6.07, 6.45) is 0. The molecule has 0 heterocycles. The molecule has 0 unspecified atom stereocenters. The maximum Gasteiger partial charge on any atom is 0.0444 e. The molecule has 0 atom stereocenters. The fraction of sp³-hybridized carbons (Fsp3) is 0.250. The van der Waals surface area contributed by atoms with Crippen molar-refractivity contribution in [2.75, 3.05) is 4.72 Å². The third kappa shape index (κ3) is 4.19. The third-order valence-corrected chi connectivity index (χ3v) is 3.95. The van der Waals surface area contributed by atoms with E-state index in [-0.39, 0.29) is 5.41 Å². The van der Waals surface area contributed by atoms with Gasteiger partial charge in [0.2, 0.25) is 0 Å². The summed E-state index contributed by atoms with van der Waals surface area (Å²) < 4.78 is 3.30. The number of benzene rings is 2. The third-order valence-electron chi connectivity index (χ3n) is 2.85. The lowest BCUT2D eigenvalue weighted by Crippen LogP contribution is -2.10. The van der Waals surface area contributed by atoms with Crippen molar-refractivity contribution in [3.8, 4) is 0 Å². The molecule has 2 rings (SSSR count). The fourth-order valence-corrected chi connectivity index (χ4v) is 2.43. The zero-order chi connectivity index (χ0) is 13.9. The second kappa shape index (κ2) is 5.89. The highest BCUT2D eigenvalue weighted by atomic mass is 35.5. The standard InChI is InChI=1S/C16H18ClNS/c1-16(2,3)12-4-10-15(11-5-12)19-18-14-8-6-13(17)7-9-14/h4-11,18H,1-3H3. The molecule has 0 spiro atoms. The van der Waals surface area contributed by atoms with Gasteiger partial charge in [0, 0.05) is 15.6 Å². The number of anilines is 1. The minimum atomic E-state index is 0.201. The SMILES string of the molecule is CC(C)(C)c1ccc(SNc2ccc(Cl)cc2)cc1. The lowest BCUT2D eigenvalue weighted by Gasteiger charge is -2.19. The van der Waals surface area contributed by atoms with Crippen molar-refractivity contribution < 1.29 is 0 Å². The molecule has 2 aromatic carbocycles. The molecule has 0 aromatic heterocycles. The highest BCUT2D eigenvalue weighted by Gasteiger charge is 2.12. The average molecular weight is 292 g/mol. The van der Waals surface area contributed by atoms with E-state index in [0.717, 1.165) is 10.7 Å². The number of nitrogens with one attached hydrogen (secondary N) is 1. The van der Waals surface area contributed by atoms with Gasteiger partial charge in [0.15, 0.2) is 0 Å². The molecule has 0 fully saturated rings. The van der Waals surface area contributed by atoms with Gasteiger partial charge in [0.05, 0.1) is 0 Å². The summed E-state index contributed by atoms with van der Waals surface area (Å²) in [6, 6.07) is 16.4.